The van der Waals surface area contributed by atoms with Gasteiger partial charge in [-0.05, 0) is 44.4 Å². The van der Waals surface area contributed by atoms with E-state index in [1.54, 1.807) is 0 Å². The molecule has 5 atom stereocenters. The monoisotopic (exact) mass is 340 g/mol. The molecule has 2 rings (SSSR count). The van der Waals surface area contributed by atoms with Crippen LogP contribution in [0.1, 0.15) is 32.6 Å². The van der Waals surface area contributed by atoms with Crippen molar-refractivity contribution in [3.8, 4) is 0 Å². The highest BCUT2D eigenvalue weighted by atomic mass is 28.4. The van der Waals surface area contributed by atoms with Crippen LogP contribution in [0.5, 0.6) is 0 Å². The van der Waals surface area contributed by atoms with Crippen molar-refractivity contribution < 1.29 is 22.0 Å². The summed E-state index contributed by atoms with van der Waals surface area (Å²) in [4.78, 5) is 0. The third kappa shape index (κ3) is 4.56. The van der Waals surface area contributed by atoms with Crippen LogP contribution in [0.15, 0.2) is 0 Å². The van der Waals surface area contributed by atoms with Gasteiger partial charge in [0.1, 0.15) is 0 Å². The summed E-state index contributed by atoms with van der Waals surface area (Å²) in [6.07, 6.45) is -0.795. The second kappa shape index (κ2) is 7.61. The zero-order valence-electron chi connectivity index (χ0n) is 13.0. The number of halogens is 3. The highest BCUT2D eigenvalue weighted by Gasteiger charge is 2.49. The Labute approximate surface area is 128 Å². The number of alkyl halides is 3. The Balaban J connectivity index is 2.10. The zero-order valence-corrected chi connectivity index (χ0v) is 15.1. The first kappa shape index (κ1) is 17.5. The lowest BCUT2D eigenvalue weighted by Gasteiger charge is -2.43. The van der Waals surface area contributed by atoms with Crippen molar-refractivity contribution in [2.75, 3.05) is 6.61 Å². The van der Waals surface area contributed by atoms with Gasteiger partial charge in [-0.2, -0.15) is 0 Å². The topological polar surface area (TPSA) is 18.5 Å². The Hall–Kier alpha value is 0.144. The highest BCUT2D eigenvalue weighted by Crippen LogP contribution is 2.43. The van der Waals surface area contributed by atoms with E-state index in [1.807, 2.05) is 13.5 Å². The predicted octanol–water partition coefficient (Wildman–Crippen LogP) is 4.27. The minimum Gasteiger partial charge on any atom is -0.420 e. The maximum Gasteiger partial charge on any atom is 0.269 e. The molecule has 2 fully saturated rings. The summed E-state index contributed by atoms with van der Waals surface area (Å²) < 4.78 is 52.2. The lowest BCUT2D eigenvalue weighted by molar-refractivity contribution is 0.0394. The van der Waals surface area contributed by atoms with Crippen LogP contribution in [-0.2, 0) is 8.85 Å². The van der Waals surface area contributed by atoms with E-state index in [-0.39, 0.29) is 6.10 Å². The van der Waals surface area contributed by atoms with Gasteiger partial charge in [0.15, 0.2) is 23.5 Å². The Morgan fingerprint density at radius 2 is 2.00 bits per heavy atom. The number of hydrogen-bond donors (Lipinski definition) is 0. The molecule has 2 aliphatic heterocycles. The Morgan fingerprint density at radius 1 is 1.24 bits per heavy atom. The van der Waals surface area contributed by atoms with Crippen LogP contribution in [0, 0.1) is 0 Å². The Kier molecular flexibility index (Phi) is 6.34. The Bertz CT molecular complexity index is 329. The lowest BCUT2D eigenvalue weighted by Crippen LogP contribution is -2.51. The molecule has 7 heteroatoms. The molecule has 0 saturated carbocycles. The predicted molar refractivity (Wildman–Crippen MR) is 82.8 cm³/mol. The molecule has 0 radical (unpaired) electrons. The molecule has 0 bridgehead atoms. The fraction of sp³-hybridized carbons (Fsp3) is 1.00. The fourth-order valence-electron chi connectivity index (χ4n) is 3.76. The maximum atomic E-state index is 14.3. The van der Waals surface area contributed by atoms with E-state index in [2.05, 4.69) is 0 Å². The molecule has 2 aliphatic rings. The van der Waals surface area contributed by atoms with Crippen LogP contribution in [0.25, 0.3) is 0 Å². The zero-order chi connectivity index (χ0) is 15.5. The van der Waals surface area contributed by atoms with E-state index >= 15 is 0 Å². The van der Waals surface area contributed by atoms with E-state index < -0.39 is 35.5 Å². The Morgan fingerprint density at radius 3 is 2.57 bits per heavy atom. The first-order valence-electron chi connectivity index (χ1n) is 8.14. The van der Waals surface area contributed by atoms with Crippen molar-refractivity contribution in [3.63, 3.8) is 0 Å². The molecule has 0 aromatic heterocycles. The second-order valence-corrected chi connectivity index (χ2v) is 13.5. The third-order valence-electron chi connectivity index (χ3n) is 4.95. The minimum absolute atomic E-state index is 0.0803. The molecule has 2 saturated heterocycles. The maximum absolute atomic E-state index is 14.3. The standard InChI is InChI=1S/C14H27F3O2Si2/c1-11-6-5-9-21(2,19-11)12(13(15)14(16)17)10-20-8-4-3-7-18-20/h11-14,20H,3-10H2,1-2H3. The molecule has 5 unspecified atom stereocenters. The molecule has 0 aliphatic carbocycles. The summed E-state index contributed by atoms with van der Waals surface area (Å²) >= 11 is 0. The molecular weight excluding hydrogens is 313 g/mol. The average molecular weight is 341 g/mol. The van der Waals surface area contributed by atoms with Crippen molar-refractivity contribution in [3.05, 3.63) is 0 Å². The largest absolute Gasteiger partial charge is 0.420 e. The van der Waals surface area contributed by atoms with Crippen LogP contribution in [0.4, 0.5) is 13.2 Å². The SMILES string of the molecule is CC1CCC[Si](C)(C(C[SiH]2CCCCO2)C(F)C(F)F)O1. The second-order valence-electron chi connectivity index (χ2n) is 6.74. The summed E-state index contributed by atoms with van der Waals surface area (Å²) in [5, 5.41) is 0. The average Bonchev–Trinajstić information content (AvgIpc) is 2.44. The molecule has 2 nitrogen and oxygen atoms in total. The van der Waals surface area contributed by atoms with Gasteiger partial charge >= 0.3 is 0 Å². The normalized spacial score (nSPS) is 37.4. The molecule has 21 heavy (non-hydrogen) atoms. The van der Waals surface area contributed by atoms with Crippen LogP contribution in [-0.4, -0.2) is 42.7 Å². The molecule has 0 N–H and O–H groups in total. The van der Waals surface area contributed by atoms with E-state index in [1.165, 1.54) is 0 Å². The van der Waals surface area contributed by atoms with E-state index in [9.17, 15) is 13.2 Å². The first-order chi connectivity index (χ1) is 9.92. The minimum atomic E-state index is -2.90. The summed E-state index contributed by atoms with van der Waals surface area (Å²) in [6.45, 7) is 4.66. The van der Waals surface area contributed by atoms with Gasteiger partial charge in [-0.3, -0.25) is 0 Å². The molecular formula is C14H27F3O2Si2. The van der Waals surface area contributed by atoms with Crippen LogP contribution in [0.2, 0.25) is 30.2 Å². The molecule has 0 spiro atoms. The lowest BCUT2D eigenvalue weighted by atomic mass is 10.2. The van der Waals surface area contributed by atoms with Crippen molar-refractivity contribution in [2.45, 2.75) is 81.5 Å². The number of hydrogen-bond acceptors (Lipinski definition) is 2. The first-order valence-corrected chi connectivity index (χ1v) is 12.9. The van der Waals surface area contributed by atoms with E-state index in [4.69, 9.17) is 8.85 Å². The molecule has 0 aromatic rings. The third-order valence-corrected chi connectivity index (χ3v) is 12.6. The van der Waals surface area contributed by atoms with Crippen molar-refractivity contribution in [2.24, 2.45) is 0 Å². The van der Waals surface area contributed by atoms with Gasteiger partial charge in [0.25, 0.3) is 6.43 Å². The van der Waals surface area contributed by atoms with Gasteiger partial charge in [-0.15, -0.1) is 0 Å². The van der Waals surface area contributed by atoms with Gasteiger partial charge in [0.2, 0.25) is 0 Å². The summed E-state index contributed by atoms with van der Waals surface area (Å²) in [6, 6.07) is 2.32. The molecule has 0 amide bonds. The summed E-state index contributed by atoms with van der Waals surface area (Å²) in [5.74, 6) is 0. The molecule has 0 aromatic carbocycles. The van der Waals surface area contributed by atoms with Crippen LogP contribution >= 0.6 is 0 Å². The molecule has 124 valence electrons. The highest BCUT2D eigenvalue weighted by molar-refractivity contribution is 6.75. The summed E-state index contributed by atoms with van der Waals surface area (Å²) in [7, 11) is -3.97. The van der Waals surface area contributed by atoms with Gasteiger partial charge < -0.3 is 8.85 Å². The van der Waals surface area contributed by atoms with Crippen molar-refractivity contribution in [1.82, 2.24) is 0 Å². The van der Waals surface area contributed by atoms with Crippen LogP contribution in [0.3, 0.4) is 0 Å². The van der Waals surface area contributed by atoms with Gasteiger partial charge in [0, 0.05) is 18.3 Å². The van der Waals surface area contributed by atoms with E-state index in [0.717, 1.165) is 44.4 Å². The van der Waals surface area contributed by atoms with Gasteiger partial charge in [0.05, 0.1) is 0 Å². The van der Waals surface area contributed by atoms with Crippen molar-refractivity contribution >= 4 is 17.4 Å². The van der Waals surface area contributed by atoms with Gasteiger partial charge in [-0.25, -0.2) is 13.2 Å². The quantitative estimate of drug-likeness (QED) is 0.696. The van der Waals surface area contributed by atoms with E-state index in [0.29, 0.717) is 6.04 Å². The summed E-state index contributed by atoms with van der Waals surface area (Å²) in [5.41, 5.74) is -0.602. The van der Waals surface area contributed by atoms with Crippen LogP contribution < -0.4 is 0 Å². The molecule has 2 heterocycles. The fourth-order valence-corrected chi connectivity index (χ4v) is 12.6. The number of rotatable bonds is 5. The smallest absolute Gasteiger partial charge is 0.269 e. The van der Waals surface area contributed by atoms with Gasteiger partial charge in [-0.1, -0.05) is 12.8 Å². The van der Waals surface area contributed by atoms with Crippen molar-refractivity contribution in [1.29, 1.82) is 0 Å².